The summed E-state index contributed by atoms with van der Waals surface area (Å²) in [5, 5.41) is 9.78. The maximum atomic E-state index is 9.78. The third-order valence-electron chi connectivity index (χ3n) is 4.93. The number of hydrogen-bond acceptors (Lipinski definition) is 1. The first kappa shape index (κ1) is 18.0. The van der Waals surface area contributed by atoms with E-state index in [0.29, 0.717) is 5.75 Å². The molecule has 0 aliphatic carbocycles. The van der Waals surface area contributed by atoms with E-state index in [2.05, 4.69) is 69.0 Å². The molecule has 132 valence electrons. The van der Waals surface area contributed by atoms with Gasteiger partial charge in [0.15, 0.2) is 0 Å². The molecule has 3 aromatic carbocycles. The van der Waals surface area contributed by atoms with Crippen LogP contribution in [0.15, 0.2) is 73.3 Å². The molecule has 0 fully saturated rings. The minimum Gasteiger partial charge on any atom is -0.508 e. The van der Waals surface area contributed by atoms with Crippen molar-refractivity contribution in [3.05, 3.63) is 112 Å². The predicted molar refractivity (Wildman–Crippen MR) is 110 cm³/mol. The molecule has 0 aliphatic rings. The number of rotatable bonds is 6. The Morgan fingerprint density at radius 2 is 1.50 bits per heavy atom. The van der Waals surface area contributed by atoms with Crippen molar-refractivity contribution in [2.45, 2.75) is 33.1 Å². The van der Waals surface area contributed by atoms with Gasteiger partial charge in [0.25, 0.3) is 0 Å². The number of hydrogen-bond donors (Lipinski definition) is 1. The van der Waals surface area contributed by atoms with E-state index in [-0.39, 0.29) is 0 Å². The van der Waals surface area contributed by atoms with E-state index in [9.17, 15) is 5.11 Å². The number of allylic oxidation sites excluding steroid dienone is 1. The van der Waals surface area contributed by atoms with Crippen LogP contribution in [0.2, 0.25) is 0 Å². The first-order valence-corrected chi connectivity index (χ1v) is 9.11. The summed E-state index contributed by atoms with van der Waals surface area (Å²) < 4.78 is 0. The second-order valence-corrected chi connectivity index (χ2v) is 6.99. The molecule has 0 saturated heterocycles. The zero-order valence-electron chi connectivity index (χ0n) is 15.6. The Balaban J connectivity index is 1.94. The van der Waals surface area contributed by atoms with Gasteiger partial charge in [-0.05, 0) is 84.2 Å². The molecule has 1 N–H and O–H groups in total. The highest BCUT2D eigenvalue weighted by atomic mass is 16.3. The second kappa shape index (κ2) is 8.05. The molecular formula is C25H26O. The fourth-order valence-corrected chi connectivity index (χ4v) is 3.58. The summed E-state index contributed by atoms with van der Waals surface area (Å²) in [4.78, 5) is 0. The first-order valence-electron chi connectivity index (χ1n) is 9.11. The molecule has 0 atom stereocenters. The quantitative estimate of drug-likeness (QED) is 0.551. The molecule has 0 bridgehead atoms. The molecule has 0 unspecified atom stereocenters. The fraction of sp³-hybridized carbons (Fsp3) is 0.200. The third-order valence-corrected chi connectivity index (χ3v) is 4.93. The Hall–Kier alpha value is -2.80. The third kappa shape index (κ3) is 4.23. The van der Waals surface area contributed by atoms with Gasteiger partial charge in [0, 0.05) is 0 Å². The lowest BCUT2D eigenvalue weighted by Gasteiger charge is -2.14. The van der Waals surface area contributed by atoms with E-state index < -0.39 is 0 Å². The van der Waals surface area contributed by atoms with Crippen LogP contribution in [0.25, 0.3) is 0 Å². The number of phenols is 1. The van der Waals surface area contributed by atoms with Crippen molar-refractivity contribution < 1.29 is 5.11 Å². The summed E-state index contributed by atoms with van der Waals surface area (Å²) in [5.74, 6) is 0.342. The highest BCUT2D eigenvalue weighted by Gasteiger charge is 2.09. The van der Waals surface area contributed by atoms with Crippen LogP contribution in [0.3, 0.4) is 0 Å². The van der Waals surface area contributed by atoms with Gasteiger partial charge in [-0.15, -0.1) is 6.58 Å². The molecule has 0 amide bonds. The average Bonchev–Trinajstić information content (AvgIpc) is 2.61. The van der Waals surface area contributed by atoms with E-state index >= 15 is 0 Å². The van der Waals surface area contributed by atoms with Crippen molar-refractivity contribution in [1.82, 2.24) is 0 Å². The summed E-state index contributed by atoms with van der Waals surface area (Å²) in [6.45, 7) is 8.04. The molecule has 1 nitrogen and oxygen atoms in total. The van der Waals surface area contributed by atoms with Crippen LogP contribution in [0, 0.1) is 13.8 Å². The van der Waals surface area contributed by atoms with Crippen molar-refractivity contribution in [3.8, 4) is 5.75 Å². The number of benzene rings is 3. The summed E-state index contributed by atoms with van der Waals surface area (Å²) >= 11 is 0. The Kier molecular flexibility index (Phi) is 5.58. The van der Waals surface area contributed by atoms with Crippen molar-refractivity contribution in [1.29, 1.82) is 0 Å². The summed E-state index contributed by atoms with van der Waals surface area (Å²) in [6.07, 6.45) is 4.68. The average molecular weight is 342 g/mol. The van der Waals surface area contributed by atoms with Crippen LogP contribution in [-0.4, -0.2) is 5.11 Å². The lowest BCUT2D eigenvalue weighted by atomic mass is 9.91. The van der Waals surface area contributed by atoms with E-state index in [1.165, 1.54) is 27.8 Å². The molecule has 0 spiro atoms. The highest BCUT2D eigenvalue weighted by Crippen LogP contribution is 2.25. The van der Waals surface area contributed by atoms with Gasteiger partial charge in [-0.1, -0.05) is 54.6 Å². The Morgan fingerprint density at radius 3 is 2.15 bits per heavy atom. The standard InChI is InChI=1S/C25H26O/c1-4-8-22-12-11-21(16-23(22)15-20-9-6-5-7-10-20)17-25-18(2)13-24(26)14-19(25)3/h4-7,9-14,16,26H,1,8,15,17H2,2-3H3. The minimum absolute atomic E-state index is 0.342. The molecule has 0 saturated carbocycles. The summed E-state index contributed by atoms with van der Waals surface area (Å²) in [6, 6.07) is 21.1. The second-order valence-electron chi connectivity index (χ2n) is 6.99. The molecule has 1 heteroatoms. The smallest absolute Gasteiger partial charge is 0.116 e. The fourth-order valence-electron chi connectivity index (χ4n) is 3.58. The monoisotopic (exact) mass is 342 g/mol. The molecule has 26 heavy (non-hydrogen) atoms. The maximum absolute atomic E-state index is 9.78. The number of aryl methyl sites for hydroxylation is 2. The Bertz CT molecular complexity index is 884. The van der Waals surface area contributed by atoms with Gasteiger partial charge in [0.2, 0.25) is 0 Å². The van der Waals surface area contributed by atoms with Gasteiger partial charge in [0.05, 0.1) is 0 Å². The van der Waals surface area contributed by atoms with Crippen molar-refractivity contribution in [2.75, 3.05) is 0 Å². The maximum Gasteiger partial charge on any atom is 0.116 e. The van der Waals surface area contributed by atoms with Gasteiger partial charge in [-0.2, -0.15) is 0 Å². The molecule has 3 aromatic rings. The topological polar surface area (TPSA) is 20.2 Å². The van der Waals surface area contributed by atoms with E-state index in [1.807, 2.05) is 18.2 Å². The summed E-state index contributed by atoms with van der Waals surface area (Å²) in [7, 11) is 0. The van der Waals surface area contributed by atoms with Crippen LogP contribution < -0.4 is 0 Å². The van der Waals surface area contributed by atoms with Gasteiger partial charge >= 0.3 is 0 Å². The van der Waals surface area contributed by atoms with Gasteiger partial charge < -0.3 is 5.11 Å². The first-order chi connectivity index (χ1) is 12.6. The SMILES string of the molecule is C=CCc1ccc(Cc2c(C)cc(O)cc2C)cc1Cc1ccccc1. The Morgan fingerprint density at radius 1 is 0.808 bits per heavy atom. The number of aromatic hydroxyl groups is 1. The molecular weight excluding hydrogens is 316 g/mol. The predicted octanol–water partition coefficient (Wildman–Crippen LogP) is 5.92. The normalized spacial score (nSPS) is 10.7. The molecule has 0 aromatic heterocycles. The van der Waals surface area contributed by atoms with Gasteiger partial charge in [-0.25, -0.2) is 0 Å². The van der Waals surface area contributed by atoms with Crippen LogP contribution in [-0.2, 0) is 19.3 Å². The molecule has 3 rings (SSSR count). The zero-order valence-corrected chi connectivity index (χ0v) is 15.6. The van der Waals surface area contributed by atoms with Crippen LogP contribution in [0.5, 0.6) is 5.75 Å². The largest absolute Gasteiger partial charge is 0.508 e. The Labute approximate surface area is 156 Å². The van der Waals surface area contributed by atoms with Crippen molar-refractivity contribution in [2.24, 2.45) is 0 Å². The lowest BCUT2D eigenvalue weighted by molar-refractivity contribution is 0.474. The van der Waals surface area contributed by atoms with Crippen molar-refractivity contribution in [3.63, 3.8) is 0 Å². The van der Waals surface area contributed by atoms with Crippen molar-refractivity contribution >= 4 is 0 Å². The number of phenolic OH excluding ortho intramolecular Hbond substituents is 1. The van der Waals surface area contributed by atoms with E-state index in [4.69, 9.17) is 0 Å². The van der Waals surface area contributed by atoms with E-state index in [1.54, 1.807) is 0 Å². The van der Waals surface area contributed by atoms with Gasteiger partial charge in [0.1, 0.15) is 5.75 Å². The zero-order chi connectivity index (χ0) is 18.5. The van der Waals surface area contributed by atoms with Crippen LogP contribution >= 0.6 is 0 Å². The van der Waals surface area contributed by atoms with Crippen LogP contribution in [0.4, 0.5) is 0 Å². The van der Waals surface area contributed by atoms with Crippen LogP contribution in [0.1, 0.15) is 38.9 Å². The van der Waals surface area contributed by atoms with E-state index in [0.717, 1.165) is 30.4 Å². The minimum atomic E-state index is 0.342. The molecule has 0 radical (unpaired) electrons. The van der Waals surface area contributed by atoms with Gasteiger partial charge in [-0.3, -0.25) is 0 Å². The molecule has 0 aliphatic heterocycles. The lowest BCUT2D eigenvalue weighted by Crippen LogP contribution is -2.00. The molecule has 0 heterocycles. The summed E-state index contributed by atoms with van der Waals surface area (Å²) in [5.41, 5.74) is 8.91. The highest BCUT2D eigenvalue weighted by molar-refractivity contribution is 5.45.